The standard InChI is InChI=1S/C14H18BrFN2O/c1-3-17-6-7-18(9-10(17)2)14(19)12-5-4-11(16)8-13(12)15/h4-5,8,10H,3,6-7,9H2,1-2H3. The Morgan fingerprint density at radius 2 is 2.21 bits per heavy atom. The molecule has 0 aromatic heterocycles. The summed E-state index contributed by atoms with van der Waals surface area (Å²) in [4.78, 5) is 16.6. The average molecular weight is 329 g/mol. The molecule has 0 spiro atoms. The topological polar surface area (TPSA) is 23.6 Å². The number of carbonyl (C=O) groups excluding carboxylic acids is 1. The van der Waals surface area contributed by atoms with Crippen molar-refractivity contribution in [2.75, 3.05) is 26.2 Å². The van der Waals surface area contributed by atoms with Crippen molar-refractivity contribution < 1.29 is 9.18 Å². The molecule has 1 aromatic rings. The zero-order valence-corrected chi connectivity index (χ0v) is 12.8. The van der Waals surface area contributed by atoms with Gasteiger partial charge in [-0.1, -0.05) is 6.92 Å². The van der Waals surface area contributed by atoms with E-state index in [0.29, 0.717) is 16.1 Å². The molecule has 0 radical (unpaired) electrons. The van der Waals surface area contributed by atoms with E-state index < -0.39 is 0 Å². The maximum atomic E-state index is 13.1. The van der Waals surface area contributed by atoms with Gasteiger partial charge in [0.1, 0.15) is 5.82 Å². The SMILES string of the molecule is CCN1CCN(C(=O)c2ccc(F)cc2Br)CC1C. The van der Waals surface area contributed by atoms with Crippen LogP contribution >= 0.6 is 15.9 Å². The molecule has 0 bridgehead atoms. The van der Waals surface area contributed by atoms with E-state index in [9.17, 15) is 9.18 Å². The first-order chi connectivity index (χ1) is 9.02. The minimum atomic E-state index is -0.340. The smallest absolute Gasteiger partial charge is 0.255 e. The summed E-state index contributed by atoms with van der Waals surface area (Å²) in [6.07, 6.45) is 0. The molecule has 1 fully saturated rings. The number of halogens is 2. The van der Waals surface area contributed by atoms with Gasteiger partial charge in [0.2, 0.25) is 0 Å². The minimum Gasteiger partial charge on any atom is -0.336 e. The van der Waals surface area contributed by atoms with Crippen LogP contribution in [0.15, 0.2) is 22.7 Å². The fourth-order valence-corrected chi connectivity index (χ4v) is 3.00. The zero-order valence-electron chi connectivity index (χ0n) is 11.2. The number of piperazine rings is 1. The van der Waals surface area contributed by atoms with E-state index in [1.807, 2.05) is 4.90 Å². The highest BCUT2D eigenvalue weighted by molar-refractivity contribution is 9.10. The summed E-state index contributed by atoms with van der Waals surface area (Å²) < 4.78 is 13.6. The zero-order chi connectivity index (χ0) is 14.0. The molecule has 1 saturated heterocycles. The summed E-state index contributed by atoms with van der Waals surface area (Å²) in [5.41, 5.74) is 0.526. The number of carbonyl (C=O) groups is 1. The summed E-state index contributed by atoms with van der Waals surface area (Å²) in [7, 11) is 0. The van der Waals surface area contributed by atoms with Crippen LogP contribution < -0.4 is 0 Å². The highest BCUT2D eigenvalue weighted by Gasteiger charge is 2.27. The predicted octanol–water partition coefficient (Wildman–Crippen LogP) is 2.75. The van der Waals surface area contributed by atoms with E-state index in [0.717, 1.165) is 26.2 Å². The van der Waals surface area contributed by atoms with E-state index >= 15 is 0 Å². The van der Waals surface area contributed by atoms with Gasteiger partial charge in [-0.2, -0.15) is 0 Å². The quantitative estimate of drug-likeness (QED) is 0.833. The molecule has 1 atom stereocenters. The van der Waals surface area contributed by atoms with Gasteiger partial charge in [-0.05, 0) is 47.6 Å². The largest absolute Gasteiger partial charge is 0.336 e. The summed E-state index contributed by atoms with van der Waals surface area (Å²) in [6.45, 7) is 7.59. The van der Waals surface area contributed by atoms with Crippen molar-refractivity contribution in [3.8, 4) is 0 Å². The molecule has 0 aliphatic carbocycles. The molecule has 0 N–H and O–H groups in total. The molecule has 19 heavy (non-hydrogen) atoms. The highest BCUT2D eigenvalue weighted by atomic mass is 79.9. The van der Waals surface area contributed by atoms with Crippen LogP contribution in [0.2, 0.25) is 0 Å². The van der Waals surface area contributed by atoms with Gasteiger partial charge in [0.05, 0.1) is 5.56 Å². The Bertz CT molecular complexity index is 481. The summed E-state index contributed by atoms with van der Waals surface area (Å²) >= 11 is 3.26. The lowest BCUT2D eigenvalue weighted by molar-refractivity contribution is 0.0527. The van der Waals surface area contributed by atoms with E-state index in [2.05, 4.69) is 34.7 Å². The molecule has 1 aromatic carbocycles. The number of hydrogen-bond donors (Lipinski definition) is 0. The van der Waals surface area contributed by atoms with Gasteiger partial charge in [-0.3, -0.25) is 9.69 Å². The Hall–Kier alpha value is -0.940. The number of likely N-dealkylation sites (N-methyl/N-ethyl adjacent to an activating group) is 1. The van der Waals surface area contributed by atoms with Crippen molar-refractivity contribution in [2.24, 2.45) is 0 Å². The van der Waals surface area contributed by atoms with Crippen molar-refractivity contribution in [1.29, 1.82) is 0 Å². The Labute approximate surface area is 121 Å². The first-order valence-electron chi connectivity index (χ1n) is 6.51. The van der Waals surface area contributed by atoms with Gasteiger partial charge in [-0.25, -0.2) is 4.39 Å². The fourth-order valence-electron chi connectivity index (χ4n) is 2.48. The molecule has 1 aliphatic rings. The lowest BCUT2D eigenvalue weighted by Gasteiger charge is -2.39. The maximum absolute atomic E-state index is 13.1. The van der Waals surface area contributed by atoms with E-state index in [1.165, 1.54) is 12.1 Å². The van der Waals surface area contributed by atoms with Crippen LogP contribution in [0.25, 0.3) is 0 Å². The Balaban J connectivity index is 2.12. The van der Waals surface area contributed by atoms with Gasteiger partial charge in [-0.15, -0.1) is 0 Å². The minimum absolute atomic E-state index is 0.0329. The third kappa shape index (κ3) is 3.15. The second-order valence-electron chi connectivity index (χ2n) is 4.85. The Morgan fingerprint density at radius 3 is 2.79 bits per heavy atom. The number of rotatable bonds is 2. The van der Waals surface area contributed by atoms with Gasteiger partial charge >= 0.3 is 0 Å². The molecule has 1 unspecified atom stereocenters. The van der Waals surface area contributed by atoms with Gasteiger partial charge in [0, 0.05) is 30.1 Å². The summed E-state index contributed by atoms with van der Waals surface area (Å²) in [5.74, 6) is -0.373. The lowest BCUT2D eigenvalue weighted by Crippen LogP contribution is -2.53. The molecule has 5 heteroatoms. The van der Waals surface area contributed by atoms with Crippen LogP contribution in [0.4, 0.5) is 4.39 Å². The van der Waals surface area contributed by atoms with E-state index in [-0.39, 0.29) is 11.7 Å². The number of hydrogen-bond acceptors (Lipinski definition) is 2. The molecule has 1 aliphatic heterocycles. The Morgan fingerprint density at radius 1 is 1.47 bits per heavy atom. The molecular formula is C14H18BrFN2O. The summed E-state index contributed by atoms with van der Waals surface area (Å²) in [6, 6.07) is 4.56. The highest BCUT2D eigenvalue weighted by Crippen LogP contribution is 2.21. The predicted molar refractivity (Wildman–Crippen MR) is 76.7 cm³/mol. The van der Waals surface area contributed by atoms with E-state index in [1.54, 1.807) is 6.07 Å². The fraction of sp³-hybridized carbons (Fsp3) is 0.500. The Kier molecular flexibility index (Phi) is 4.58. The number of benzene rings is 1. The first-order valence-corrected chi connectivity index (χ1v) is 7.30. The molecular weight excluding hydrogens is 311 g/mol. The number of amides is 1. The normalized spacial score (nSPS) is 20.6. The second kappa shape index (κ2) is 6.01. The lowest BCUT2D eigenvalue weighted by atomic mass is 10.1. The molecule has 104 valence electrons. The number of nitrogens with zero attached hydrogens (tertiary/aromatic N) is 2. The van der Waals surface area contributed by atoms with Crippen LogP contribution in [-0.4, -0.2) is 47.9 Å². The van der Waals surface area contributed by atoms with Crippen LogP contribution in [-0.2, 0) is 0 Å². The molecule has 0 saturated carbocycles. The van der Waals surface area contributed by atoms with Crippen LogP contribution in [0.3, 0.4) is 0 Å². The second-order valence-corrected chi connectivity index (χ2v) is 5.71. The van der Waals surface area contributed by atoms with Gasteiger partial charge in [0.25, 0.3) is 5.91 Å². The molecule has 3 nitrogen and oxygen atoms in total. The molecule has 1 amide bonds. The van der Waals surface area contributed by atoms with Crippen molar-refractivity contribution in [1.82, 2.24) is 9.80 Å². The first kappa shape index (κ1) is 14.5. The van der Waals surface area contributed by atoms with Crippen LogP contribution in [0.5, 0.6) is 0 Å². The molecule has 1 heterocycles. The van der Waals surface area contributed by atoms with Crippen LogP contribution in [0, 0.1) is 5.82 Å². The maximum Gasteiger partial charge on any atom is 0.255 e. The van der Waals surface area contributed by atoms with Crippen molar-refractivity contribution in [2.45, 2.75) is 19.9 Å². The third-order valence-corrected chi connectivity index (χ3v) is 4.28. The van der Waals surface area contributed by atoms with E-state index in [4.69, 9.17) is 0 Å². The third-order valence-electron chi connectivity index (χ3n) is 3.62. The van der Waals surface area contributed by atoms with Gasteiger partial charge in [0.15, 0.2) is 0 Å². The van der Waals surface area contributed by atoms with Crippen molar-refractivity contribution >= 4 is 21.8 Å². The molecule has 2 rings (SSSR count). The van der Waals surface area contributed by atoms with Gasteiger partial charge < -0.3 is 4.90 Å². The van der Waals surface area contributed by atoms with Crippen molar-refractivity contribution in [3.05, 3.63) is 34.1 Å². The van der Waals surface area contributed by atoms with Crippen molar-refractivity contribution in [3.63, 3.8) is 0 Å². The summed E-state index contributed by atoms with van der Waals surface area (Å²) in [5, 5.41) is 0. The monoisotopic (exact) mass is 328 g/mol. The average Bonchev–Trinajstić information content (AvgIpc) is 2.38. The van der Waals surface area contributed by atoms with Crippen LogP contribution in [0.1, 0.15) is 24.2 Å².